The van der Waals surface area contributed by atoms with E-state index in [1.807, 2.05) is 18.2 Å². The summed E-state index contributed by atoms with van der Waals surface area (Å²) in [7, 11) is -1.02. The number of ketones is 1. The van der Waals surface area contributed by atoms with Gasteiger partial charge in [-0.2, -0.15) is 0 Å². The Kier molecular flexibility index (Phi) is 5.39. The summed E-state index contributed by atoms with van der Waals surface area (Å²) in [4.78, 5) is 11.7. The molecule has 0 N–H and O–H groups in total. The zero-order valence-electron chi connectivity index (χ0n) is 9.81. The molecule has 0 spiro atoms. The van der Waals surface area contributed by atoms with Crippen LogP contribution in [0.3, 0.4) is 0 Å². The molecule has 16 heavy (non-hydrogen) atoms. The van der Waals surface area contributed by atoms with Gasteiger partial charge in [-0.1, -0.05) is 44.2 Å². The van der Waals surface area contributed by atoms with E-state index < -0.39 is 10.8 Å². The van der Waals surface area contributed by atoms with E-state index in [0.29, 0.717) is 17.2 Å². The first kappa shape index (κ1) is 13.1. The maximum Gasteiger partial charge on any atom is 0.175 e. The highest BCUT2D eigenvalue weighted by Crippen LogP contribution is 2.04. The third kappa shape index (κ3) is 4.71. The van der Waals surface area contributed by atoms with Crippen molar-refractivity contribution < 1.29 is 9.00 Å². The average molecular weight is 238 g/mol. The number of hydrogen-bond donors (Lipinski definition) is 0. The summed E-state index contributed by atoms with van der Waals surface area (Å²) >= 11 is 0. The summed E-state index contributed by atoms with van der Waals surface area (Å²) in [5.74, 6) is 1.28. The van der Waals surface area contributed by atoms with Crippen LogP contribution >= 0.6 is 0 Å². The van der Waals surface area contributed by atoms with Gasteiger partial charge in [-0.05, 0) is 12.3 Å². The van der Waals surface area contributed by atoms with E-state index >= 15 is 0 Å². The number of benzene rings is 1. The van der Waals surface area contributed by atoms with Gasteiger partial charge in [-0.3, -0.25) is 9.00 Å². The van der Waals surface area contributed by atoms with Crippen molar-refractivity contribution in [3.63, 3.8) is 0 Å². The van der Waals surface area contributed by atoms with Crippen LogP contribution < -0.4 is 0 Å². The number of rotatable bonds is 6. The molecule has 1 rings (SSSR count). The molecule has 0 radical (unpaired) electrons. The molecule has 0 saturated heterocycles. The van der Waals surface area contributed by atoms with E-state index in [-0.39, 0.29) is 11.5 Å². The van der Waals surface area contributed by atoms with Gasteiger partial charge in [-0.25, -0.2) is 0 Å². The van der Waals surface area contributed by atoms with Crippen molar-refractivity contribution >= 4 is 16.6 Å². The van der Waals surface area contributed by atoms with Gasteiger partial charge in [0.25, 0.3) is 0 Å². The standard InChI is InChI=1S/C13H18O2S/c1-11(2)8-9-16(15)10-13(14)12-6-4-3-5-7-12/h3-7,11H,8-10H2,1-2H3. The quantitative estimate of drug-likeness (QED) is 0.714. The molecular weight excluding hydrogens is 220 g/mol. The lowest BCUT2D eigenvalue weighted by atomic mass is 10.2. The van der Waals surface area contributed by atoms with E-state index in [0.717, 1.165) is 6.42 Å². The largest absolute Gasteiger partial charge is 0.293 e. The molecule has 1 aromatic rings. The molecule has 0 aliphatic heterocycles. The molecular formula is C13H18O2S. The van der Waals surface area contributed by atoms with Gasteiger partial charge in [-0.15, -0.1) is 0 Å². The van der Waals surface area contributed by atoms with Crippen molar-refractivity contribution in [1.29, 1.82) is 0 Å². The highest BCUT2D eigenvalue weighted by Gasteiger charge is 2.10. The minimum absolute atomic E-state index is 0.0253. The lowest BCUT2D eigenvalue weighted by molar-refractivity contribution is 0.102. The Bertz CT molecular complexity index is 357. The van der Waals surface area contributed by atoms with E-state index in [1.165, 1.54) is 0 Å². The van der Waals surface area contributed by atoms with Gasteiger partial charge in [0.05, 0.1) is 5.75 Å². The van der Waals surface area contributed by atoms with Gasteiger partial charge < -0.3 is 0 Å². The Labute approximate surface area is 99.5 Å². The second-order valence-corrected chi connectivity index (χ2v) is 5.84. The summed E-state index contributed by atoms with van der Waals surface area (Å²) in [6.07, 6.45) is 0.911. The van der Waals surface area contributed by atoms with Gasteiger partial charge in [0.15, 0.2) is 5.78 Å². The minimum atomic E-state index is -1.02. The lowest BCUT2D eigenvalue weighted by Crippen LogP contribution is -2.14. The first-order chi connectivity index (χ1) is 7.59. The lowest BCUT2D eigenvalue weighted by Gasteiger charge is -2.04. The maximum atomic E-state index is 11.7. The molecule has 1 atom stereocenters. The Hall–Kier alpha value is -0.960. The van der Waals surface area contributed by atoms with Crippen LogP contribution in [0.1, 0.15) is 30.6 Å². The molecule has 1 unspecified atom stereocenters. The molecule has 0 amide bonds. The third-order valence-electron chi connectivity index (χ3n) is 2.31. The number of carbonyl (C=O) groups excluding carboxylic acids is 1. The van der Waals surface area contributed by atoms with E-state index in [9.17, 15) is 9.00 Å². The summed E-state index contributed by atoms with van der Waals surface area (Å²) in [6.45, 7) is 4.19. The number of Topliss-reactive ketones (excluding diaryl/α,β-unsaturated/α-hetero) is 1. The van der Waals surface area contributed by atoms with Gasteiger partial charge >= 0.3 is 0 Å². The zero-order chi connectivity index (χ0) is 12.0. The van der Waals surface area contributed by atoms with Gasteiger partial charge in [0, 0.05) is 22.1 Å². The van der Waals surface area contributed by atoms with Crippen molar-refractivity contribution in [3.05, 3.63) is 35.9 Å². The smallest absolute Gasteiger partial charge is 0.175 e. The first-order valence-corrected chi connectivity index (χ1v) is 7.01. The molecule has 0 fully saturated rings. The molecule has 2 nitrogen and oxygen atoms in total. The molecule has 0 aliphatic carbocycles. The molecule has 0 bridgehead atoms. The molecule has 0 saturated carbocycles. The van der Waals surface area contributed by atoms with Crippen LogP contribution in [0, 0.1) is 5.92 Å². The van der Waals surface area contributed by atoms with Gasteiger partial charge in [0.1, 0.15) is 0 Å². The van der Waals surface area contributed by atoms with Crippen molar-refractivity contribution in [3.8, 4) is 0 Å². The Morgan fingerprint density at radius 1 is 1.25 bits per heavy atom. The van der Waals surface area contributed by atoms with Crippen molar-refractivity contribution in [2.24, 2.45) is 5.92 Å². The van der Waals surface area contributed by atoms with Crippen LogP contribution in [0.15, 0.2) is 30.3 Å². The SMILES string of the molecule is CC(C)CCS(=O)CC(=O)c1ccccc1. The summed E-state index contributed by atoms with van der Waals surface area (Å²) in [5, 5.41) is 0. The predicted molar refractivity (Wildman–Crippen MR) is 68.1 cm³/mol. The molecule has 0 aliphatic rings. The summed E-state index contributed by atoms with van der Waals surface area (Å²) in [5.41, 5.74) is 0.653. The molecule has 0 heterocycles. The van der Waals surface area contributed by atoms with Crippen molar-refractivity contribution in [2.45, 2.75) is 20.3 Å². The fraction of sp³-hybridized carbons (Fsp3) is 0.462. The normalized spacial score (nSPS) is 12.7. The fourth-order valence-electron chi connectivity index (χ4n) is 1.29. The van der Waals surface area contributed by atoms with Crippen LogP contribution in [0.25, 0.3) is 0 Å². The van der Waals surface area contributed by atoms with Crippen LogP contribution in [0.4, 0.5) is 0 Å². The zero-order valence-corrected chi connectivity index (χ0v) is 10.6. The predicted octanol–water partition coefficient (Wildman–Crippen LogP) is 2.66. The number of carbonyl (C=O) groups is 1. The summed E-state index contributed by atoms with van der Waals surface area (Å²) < 4.78 is 11.6. The number of hydrogen-bond acceptors (Lipinski definition) is 2. The molecule has 1 aromatic carbocycles. The minimum Gasteiger partial charge on any atom is -0.293 e. The Balaban J connectivity index is 2.43. The second kappa shape index (κ2) is 6.59. The van der Waals surface area contributed by atoms with Crippen molar-refractivity contribution in [1.82, 2.24) is 0 Å². The van der Waals surface area contributed by atoms with Crippen molar-refractivity contribution in [2.75, 3.05) is 11.5 Å². The third-order valence-corrected chi connectivity index (χ3v) is 3.59. The van der Waals surface area contributed by atoms with Crippen LogP contribution in [0.5, 0.6) is 0 Å². The maximum absolute atomic E-state index is 11.7. The highest BCUT2D eigenvalue weighted by molar-refractivity contribution is 7.85. The van der Waals surface area contributed by atoms with E-state index in [2.05, 4.69) is 13.8 Å². The Morgan fingerprint density at radius 2 is 1.88 bits per heavy atom. The molecule has 88 valence electrons. The van der Waals surface area contributed by atoms with Crippen LogP contribution in [0.2, 0.25) is 0 Å². The topological polar surface area (TPSA) is 34.1 Å². The first-order valence-electron chi connectivity index (χ1n) is 5.53. The molecule has 0 aromatic heterocycles. The second-order valence-electron chi connectivity index (χ2n) is 4.26. The van der Waals surface area contributed by atoms with Crippen LogP contribution in [-0.4, -0.2) is 21.5 Å². The summed E-state index contributed by atoms with van der Waals surface area (Å²) in [6, 6.07) is 9.05. The monoisotopic (exact) mass is 238 g/mol. The molecule has 3 heteroatoms. The Morgan fingerprint density at radius 3 is 2.44 bits per heavy atom. The van der Waals surface area contributed by atoms with Crippen LogP contribution in [-0.2, 0) is 10.8 Å². The van der Waals surface area contributed by atoms with E-state index in [1.54, 1.807) is 12.1 Å². The van der Waals surface area contributed by atoms with Gasteiger partial charge in [0.2, 0.25) is 0 Å². The van der Waals surface area contributed by atoms with E-state index in [4.69, 9.17) is 0 Å². The highest BCUT2D eigenvalue weighted by atomic mass is 32.2. The average Bonchev–Trinajstić information content (AvgIpc) is 2.27. The fourth-order valence-corrected chi connectivity index (χ4v) is 2.63.